The second kappa shape index (κ2) is 3.68. The number of hydrogen-bond donors (Lipinski definition) is 2. The molecule has 66 valence electrons. The van der Waals surface area contributed by atoms with Crippen molar-refractivity contribution in [2.24, 2.45) is 5.73 Å². The Morgan fingerprint density at radius 1 is 1.77 bits per heavy atom. The van der Waals surface area contributed by atoms with Gasteiger partial charge >= 0.3 is 0 Å². The molecule has 0 unspecified atom stereocenters. The van der Waals surface area contributed by atoms with Crippen LogP contribution in [0.2, 0.25) is 0 Å². The molecule has 0 aliphatic carbocycles. The van der Waals surface area contributed by atoms with Gasteiger partial charge in [0.1, 0.15) is 0 Å². The Bertz CT molecular complexity index is 358. The molecule has 1 aliphatic heterocycles. The maximum atomic E-state index is 5.57. The van der Waals surface area contributed by atoms with E-state index in [9.17, 15) is 0 Å². The molecular weight excluding hydrogens is 160 g/mol. The molecule has 2 heteroatoms. The Hall–Kier alpha value is -1.88. The average Bonchev–Trinajstić information content (AvgIpc) is 2.08. The molecule has 0 spiro atoms. The molecule has 0 amide bonds. The quantitative estimate of drug-likeness (QED) is 0.587. The van der Waals surface area contributed by atoms with Gasteiger partial charge in [-0.1, -0.05) is 12.5 Å². The zero-order valence-electron chi connectivity index (χ0n) is 7.59. The fraction of sp³-hybridized carbons (Fsp3) is 0.0909. The van der Waals surface area contributed by atoms with E-state index >= 15 is 0 Å². The van der Waals surface area contributed by atoms with Gasteiger partial charge in [-0.15, -0.1) is 6.42 Å². The standard InChI is InChI=1S/C11H12N2/c1-4-10-5-6-13-9(3)11(10)7-8(2)12/h1,5-7,13H,3,12H2,2H3/b8-7+. The van der Waals surface area contributed by atoms with Crippen LogP contribution < -0.4 is 11.1 Å². The summed E-state index contributed by atoms with van der Waals surface area (Å²) in [6.45, 7) is 5.64. The smallest absolute Gasteiger partial charge is 0.0393 e. The lowest BCUT2D eigenvalue weighted by molar-refractivity contribution is 1.06. The molecule has 3 N–H and O–H groups in total. The summed E-state index contributed by atoms with van der Waals surface area (Å²) in [7, 11) is 0. The zero-order valence-corrected chi connectivity index (χ0v) is 7.59. The molecule has 1 rings (SSSR count). The maximum absolute atomic E-state index is 5.57. The highest BCUT2D eigenvalue weighted by atomic mass is 14.9. The van der Waals surface area contributed by atoms with Crippen LogP contribution in [0.3, 0.4) is 0 Å². The predicted molar refractivity (Wildman–Crippen MR) is 55.2 cm³/mol. The minimum absolute atomic E-state index is 0.709. The van der Waals surface area contributed by atoms with Gasteiger partial charge in [0.15, 0.2) is 0 Å². The van der Waals surface area contributed by atoms with Gasteiger partial charge in [-0.3, -0.25) is 0 Å². The molecule has 0 aromatic heterocycles. The van der Waals surface area contributed by atoms with E-state index in [1.54, 1.807) is 6.20 Å². The Kier molecular flexibility index (Phi) is 2.61. The fourth-order valence-electron chi connectivity index (χ4n) is 1.07. The number of allylic oxidation sites excluding steroid dienone is 4. The normalized spacial score (nSPS) is 16.9. The maximum Gasteiger partial charge on any atom is 0.0393 e. The van der Waals surface area contributed by atoms with E-state index in [1.165, 1.54) is 0 Å². The zero-order chi connectivity index (χ0) is 9.84. The second-order valence-electron chi connectivity index (χ2n) is 2.82. The van der Waals surface area contributed by atoms with E-state index in [-0.39, 0.29) is 0 Å². The monoisotopic (exact) mass is 172 g/mol. The van der Waals surface area contributed by atoms with Gasteiger partial charge in [-0.2, -0.15) is 0 Å². The lowest BCUT2D eigenvalue weighted by Gasteiger charge is -2.13. The lowest BCUT2D eigenvalue weighted by Crippen LogP contribution is -2.11. The topological polar surface area (TPSA) is 38.0 Å². The molecule has 0 aromatic rings. The summed E-state index contributed by atoms with van der Waals surface area (Å²) >= 11 is 0. The summed E-state index contributed by atoms with van der Waals surface area (Å²) in [5.74, 6) is 2.58. The molecule has 0 saturated carbocycles. The summed E-state index contributed by atoms with van der Waals surface area (Å²) < 4.78 is 0. The van der Waals surface area contributed by atoms with E-state index in [0.29, 0.717) is 5.70 Å². The largest absolute Gasteiger partial charge is 0.402 e. The number of dihydropyridines is 1. The Morgan fingerprint density at radius 2 is 2.46 bits per heavy atom. The van der Waals surface area contributed by atoms with Crippen molar-refractivity contribution in [3.8, 4) is 12.3 Å². The Morgan fingerprint density at radius 3 is 3.00 bits per heavy atom. The highest BCUT2D eigenvalue weighted by molar-refractivity contribution is 5.55. The molecule has 0 radical (unpaired) electrons. The van der Waals surface area contributed by atoms with Gasteiger partial charge in [-0.25, -0.2) is 0 Å². The molecule has 2 nitrogen and oxygen atoms in total. The van der Waals surface area contributed by atoms with Gasteiger partial charge in [0.2, 0.25) is 0 Å². The van der Waals surface area contributed by atoms with Gasteiger partial charge in [0, 0.05) is 28.7 Å². The van der Waals surface area contributed by atoms with Crippen molar-refractivity contribution in [1.82, 2.24) is 5.32 Å². The molecule has 0 fully saturated rings. The van der Waals surface area contributed by atoms with Crippen molar-refractivity contribution in [2.45, 2.75) is 6.92 Å². The van der Waals surface area contributed by atoms with Gasteiger partial charge in [0.25, 0.3) is 0 Å². The minimum atomic E-state index is 0.709. The van der Waals surface area contributed by atoms with Crippen LogP contribution >= 0.6 is 0 Å². The van der Waals surface area contributed by atoms with Crippen LogP contribution in [-0.4, -0.2) is 0 Å². The van der Waals surface area contributed by atoms with Crippen LogP contribution in [0.4, 0.5) is 0 Å². The fourth-order valence-corrected chi connectivity index (χ4v) is 1.07. The predicted octanol–water partition coefficient (Wildman–Crippen LogP) is 1.41. The first-order valence-electron chi connectivity index (χ1n) is 3.92. The molecule has 1 heterocycles. The lowest BCUT2D eigenvalue weighted by atomic mass is 10.0. The van der Waals surface area contributed by atoms with Crippen LogP contribution in [0.15, 0.2) is 47.5 Å². The number of hydrogen-bond acceptors (Lipinski definition) is 2. The highest BCUT2D eigenvalue weighted by Crippen LogP contribution is 2.18. The molecular formula is C11H12N2. The number of nitrogens with two attached hydrogens (primary N) is 1. The van der Waals surface area contributed by atoms with Crippen molar-refractivity contribution >= 4 is 0 Å². The number of nitrogens with one attached hydrogen (secondary N) is 1. The van der Waals surface area contributed by atoms with Crippen LogP contribution in [0, 0.1) is 12.3 Å². The first-order valence-corrected chi connectivity index (χ1v) is 3.92. The van der Waals surface area contributed by atoms with Gasteiger partial charge in [-0.05, 0) is 19.1 Å². The van der Waals surface area contributed by atoms with Crippen LogP contribution in [0.5, 0.6) is 0 Å². The molecule has 0 aromatic carbocycles. The van der Waals surface area contributed by atoms with Crippen molar-refractivity contribution in [1.29, 1.82) is 0 Å². The SMILES string of the molecule is C#CC1=C(/C=C(\C)N)C(=C)NC=C1. The Labute approximate surface area is 78.5 Å². The van der Waals surface area contributed by atoms with Crippen LogP contribution in [0.1, 0.15) is 6.92 Å². The van der Waals surface area contributed by atoms with E-state index in [1.807, 2.05) is 19.1 Å². The van der Waals surface area contributed by atoms with Crippen molar-refractivity contribution in [2.75, 3.05) is 0 Å². The second-order valence-corrected chi connectivity index (χ2v) is 2.82. The Balaban J connectivity index is 3.19. The van der Waals surface area contributed by atoms with Crippen molar-refractivity contribution in [3.63, 3.8) is 0 Å². The first kappa shape index (κ1) is 9.21. The third-order valence-corrected chi connectivity index (χ3v) is 1.65. The highest BCUT2D eigenvalue weighted by Gasteiger charge is 2.07. The third kappa shape index (κ3) is 2.03. The molecule has 1 aliphatic rings. The molecule has 13 heavy (non-hydrogen) atoms. The van der Waals surface area contributed by atoms with Crippen LogP contribution in [0.25, 0.3) is 0 Å². The average molecular weight is 172 g/mol. The summed E-state index contributed by atoms with van der Waals surface area (Å²) in [5, 5.41) is 2.97. The van der Waals surface area contributed by atoms with Gasteiger partial charge in [0.05, 0.1) is 0 Å². The van der Waals surface area contributed by atoms with E-state index in [4.69, 9.17) is 12.2 Å². The van der Waals surface area contributed by atoms with E-state index < -0.39 is 0 Å². The van der Waals surface area contributed by atoms with Gasteiger partial charge < -0.3 is 11.1 Å². The summed E-state index contributed by atoms with van der Waals surface area (Å²) in [6, 6.07) is 0. The minimum Gasteiger partial charge on any atom is -0.402 e. The van der Waals surface area contributed by atoms with E-state index in [0.717, 1.165) is 16.8 Å². The molecule has 0 saturated heterocycles. The molecule has 0 bridgehead atoms. The van der Waals surface area contributed by atoms with Crippen LogP contribution in [-0.2, 0) is 0 Å². The summed E-state index contributed by atoms with van der Waals surface area (Å²) in [6.07, 6.45) is 10.7. The third-order valence-electron chi connectivity index (χ3n) is 1.65. The van der Waals surface area contributed by atoms with E-state index in [2.05, 4.69) is 17.8 Å². The first-order chi connectivity index (χ1) is 6.15. The van der Waals surface area contributed by atoms with Crippen molar-refractivity contribution < 1.29 is 0 Å². The number of terminal acetylenes is 1. The van der Waals surface area contributed by atoms with Crippen molar-refractivity contribution in [3.05, 3.63) is 47.5 Å². The summed E-state index contributed by atoms with van der Waals surface area (Å²) in [4.78, 5) is 0. The number of rotatable bonds is 1. The molecule has 0 atom stereocenters. The summed E-state index contributed by atoms with van der Waals surface area (Å²) in [5.41, 5.74) is 8.73.